The van der Waals surface area contributed by atoms with Gasteiger partial charge >= 0.3 is 5.97 Å². The summed E-state index contributed by atoms with van der Waals surface area (Å²) in [4.78, 5) is 28.4. The third-order valence-corrected chi connectivity index (χ3v) is 2.90. The number of esters is 1. The summed E-state index contributed by atoms with van der Waals surface area (Å²) in [6, 6.07) is 0. The number of amides is 1. The van der Waals surface area contributed by atoms with Crippen molar-refractivity contribution in [1.82, 2.24) is 9.88 Å². The van der Waals surface area contributed by atoms with E-state index in [0.29, 0.717) is 36.5 Å². The fraction of sp³-hybridized carbons (Fsp3) is 0.538. The molecule has 0 aromatic carbocycles. The Labute approximate surface area is 107 Å². The van der Waals surface area contributed by atoms with Gasteiger partial charge in [-0.3, -0.25) is 4.79 Å². The van der Waals surface area contributed by atoms with Crippen molar-refractivity contribution in [2.45, 2.75) is 27.7 Å². The van der Waals surface area contributed by atoms with E-state index in [0.717, 1.165) is 0 Å². The molecule has 1 N–H and O–H groups in total. The van der Waals surface area contributed by atoms with Crippen LogP contribution in [0.25, 0.3) is 0 Å². The molecule has 0 aliphatic heterocycles. The average Bonchev–Trinajstić information content (AvgIpc) is 2.72. The summed E-state index contributed by atoms with van der Waals surface area (Å²) in [5, 5.41) is 0. The van der Waals surface area contributed by atoms with Gasteiger partial charge in [0.2, 0.25) is 0 Å². The van der Waals surface area contributed by atoms with Crippen LogP contribution in [0.4, 0.5) is 0 Å². The Bertz CT molecular complexity index is 433. The van der Waals surface area contributed by atoms with Crippen molar-refractivity contribution in [3.63, 3.8) is 0 Å². The normalized spacial score (nSPS) is 10.2. The number of ether oxygens (including phenoxy) is 1. The van der Waals surface area contributed by atoms with Crippen LogP contribution in [0.2, 0.25) is 0 Å². The van der Waals surface area contributed by atoms with Crippen molar-refractivity contribution in [2.75, 3.05) is 19.7 Å². The van der Waals surface area contributed by atoms with Crippen LogP contribution in [-0.2, 0) is 4.74 Å². The van der Waals surface area contributed by atoms with Crippen molar-refractivity contribution in [3.8, 4) is 0 Å². The lowest BCUT2D eigenvalue weighted by Crippen LogP contribution is -2.31. The highest BCUT2D eigenvalue weighted by Gasteiger charge is 2.21. The predicted octanol–water partition coefficient (Wildman–Crippen LogP) is 1.98. The molecule has 0 bridgehead atoms. The van der Waals surface area contributed by atoms with Crippen molar-refractivity contribution in [3.05, 3.63) is 23.0 Å². The lowest BCUT2D eigenvalue weighted by molar-refractivity contribution is 0.0526. The number of hydrogen-bond acceptors (Lipinski definition) is 3. The fourth-order valence-corrected chi connectivity index (χ4v) is 1.81. The van der Waals surface area contributed by atoms with Crippen LogP contribution in [-0.4, -0.2) is 41.5 Å². The summed E-state index contributed by atoms with van der Waals surface area (Å²) >= 11 is 0. The Morgan fingerprint density at radius 1 is 1.28 bits per heavy atom. The molecule has 0 fully saturated rings. The van der Waals surface area contributed by atoms with E-state index in [2.05, 4.69) is 4.98 Å². The molecule has 0 atom stereocenters. The highest BCUT2D eigenvalue weighted by molar-refractivity contribution is 5.99. The first-order valence-electron chi connectivity index (χ1n) is 6.21. The maximum absolute atomic E-state index is 12.2. The second-order valence-electron chi connectivity index (χ2n) is 3.90. The van der Waals surface area contributed by atoms with Crippen molar-refractivity contribution in [1.29, 1.82) is 0 Å². The number of carbonyl (C=O) groups excluding carboxylic acids is 2. The molecule has 1 aromatic heterocycles. The van der Waals surface area contributed by atoms with Crippen molar-refractivity contribution in [2.24, 2.45) is 0 Å². The fourth-order valence-electron chi connectivity index (χ4n) is 1.81. The van der Waals surface area contributed by atoms with Crippen LogP contribution in [0.15, 0.2) is 6.20 Å². The minimum absolute atomic E-state index is 0.0898. The van der Waals surface area contributed by atoms with Crippen molar-refractivity contribution >= 4 is 11.9 Å². The highest BCUT2D eigenvalue weighted by atomic mass is 16.5. The molecule has 0 radical (unpaired) electrons. The molecule has 100 valence electrons. The number of H-pyrrole nitrogens is 1. The van der Waals surface area contributed by atoms with Crippen LogP contribution in [0.5, 0.6) is 0 Å². The van der Waals surface area contributed by atoms with Gasteiger partial charge in [0.25, 0.3) is 5.91 Å². The number of hydrogen-bond donors (Lipinski definition) is 1. The Morgan fingerprint density at radius 3 is 2.39 bits per heavy atom. The second kappa shape index (κ2) is 6.23. The zero-order valence-electron chi connectivity index (χ0n) is 11.4. The lowest BCUT2D eigenvalue weighted by atomic mass is 10.1. The Balaban J connectivity index is 2.99. The first-order valence-corrected chi connectivity index (χ1v) is 6.21. The van der Waals surface area contributed by atoms with Gasteiger partial charge in [-0.1, -0.05) is 0 Å². The summed E-state index contributed by atoms with van der Waals surface area (Å²) < 4.78 is 4.93. The van der Waals surface area contributed by atoms with E-state index in [4.69, 9.17) is 4.74 Å². The molecule has 0 aliphatic rings. The zero-order chi connectivity index (χ0) is 13.7. The van der Waals surface area contributed by atoms with Gasteiger partial charge < -0.3 is 14.6 Å². The average molecular weight is 252 g/mol. The Hall–Kier alpha value is -1.78. The molecule has 1 rings (SSSR count). The molecule has 0 saturated carbocycles. The summed E-state index contributed by atoms with van der Waals surface area (Å²) in [7, 11) is 0. The van der Waals surface area contributed by atoms with Gasteiger partial charge in [-0.2, -0.15) is 0 Å². The van der Waals surface area contributed by atoms with Gasteiger partial charge in [-0.15, -0.1) is 0 Å². The van der Waals surface area contributed by atoms with E-state index in [-0.39, 0.29) is 5.91 Å². The number of carbonyl (C=O) groups is 2. The maximum atomic E-state index is 12.2. The van der Waals surface area contributed by atoms with Gasteiger partial charge in [-0.25, -0.2) is 4.79 Å². The smallest absolute Gasteiger partial charge is 0.339 e. The highest BCUT2D eigenvalue weighted by Crippen LogP contribution is 2.16. The van der Waals surface area contributed by atoms with E-state index >= 15 is 0 Å². The minimum atomic E-state index is -0.398. The molecule has 0 unspecified atom stereocenters. The van der Waals surface area contributed by atoms with Gasteiger partial charge in [0, 0.05) is 19.3 Å². The number of nitrogens with zero attached hydrogens (tertiary/aromatic N) is 1. The monoisotopic (exact) mass is 252 g/mol. The zero-order valence-corrected chi connectivity index (χ0v) is 11.4. The largest absolute Gasteiger partial charge is 0.462 e. The first kappa shape index (κ1) is 14.3. The second-order valence-corrected chi connectivity index (χ2v) is 3.90. The summed E-state index contributed by atoms with van der Waals surface area (Å²) in [5.74, 6) is -0.488. The Kier molecular flexibility index (Phi) is 4.95. The summed E-state index contributed by atoms with van der Waals surface area (Å²) in [6.07, 6.45) is 1.53. The molecule has 0 aliphatic carbocycles. The van der Waals surface area contributed by atoms with Gasteiger partial charge in [0.05, 0.1) is 12.2 Å². The molecular formula is C13H20N2O3. The number of rotatable bonds is 5. The van der Waals surface area contributed by atoms with E-state index in [9.17, 15) is 9.59 Å². The van der Waals surface area contributed by atoms with Crippen LogP contribution >= 0.6 is 0 Å². The minimum Gasteiger partial charge on any atom is -0.462 e. The van der Waals surface area contributed by atoms with Crippen LogP contribution in [0.3, 0.4) is 0 Å². The molecule has 5 nitrogen and oxygen atoms in total. The predicted molar refractivity (Wildman–Crippen MR) is 68.7 cm³/mol. The molecule has 1 amide bonds. The van der Waals surface area contributed by atoms with Crippen LogP contribution < -0.4 is 0 Å². The molecule has 1 aromatic rings. The van der Waals surface area contributed by atoms with Crippen LogP contribution in [0, 0.1) is 6.92 Å². The summed E-state index contributed by atoms with van der Waals surface area (Å²) in [6.45, 7) is 8.95. The van der Waals surface area contributed by atoms with Gasteiger partial charge in [0.15, 0.2) is 0 Å². The van der Waals surface area contributed by atoms with Crippen LogP contribution in [0.1, 0.15) is 47.2 Å². The summed E-state index contributed by atoms with van der Waals surface area (Å²) in [5.41, 5.74) is 1.53. The third-order valence-electron chi connectivity index (χ3n) is 2.90. The van der Waals surface area contributed by atoms with E-state index in [1.54, 1.807) is 18.7 Å². The molecule has 0 saturated heterocycles. The molecule has 5 heteroatoms. The SMILES string of the molecule is CCOC(=O)c1c[nH]c(C(=O)N(CC)CC)c1C. The standard InChI is InChI=1S/C13H20N2O3/c1-5-15(6-2)12(16)11-9(4)10(8-14-11)13(17)18-7-3/h8,14H,5-7H2,1-4H3. The molecular weight excluding hydrogens is 232 g/mol. The quantitative estimate of drug-likeness (QED) is 0.815. The third kappa shape index (κ3) is 2.72. The first-order chi connectivity index (χ1) is 8.56. The van der Waals surface area contributed by atoms with Gasteiger partial charge in [-0.05, 0) is 33.3 Å². The van der Waals surface area contributed by atoms with Crippen molar-refractivity contribution < 1.29 is 14.3 Å². The van der Waals surface area contributed by atoms with E-state index in [1.165, 1.54) is 6.20 Å². The number of aromatic nitrogens is 1. The van der Waals surface area contributed by atoms with E-state index < -0.39 is 5.97 Å². The molecule has 1 heterocycles. The van der Waals surface area contributed by atoms with Gasteiger partial charge in [0.1, 0.15) is 5.69 Å². The Morgan fingerprint density at radius 2 is 1.89 bits per heavy atom. The molecule has 0 spiro atoms. The topological polar surface area (TPSA) is 62.4 Å². The number of aromatic amines is 1. The lowest BCUT2D eigenvalue weighted by Gasteiger charge is -2.18. The maximum Gasteiger partial charge on any atom is 0.339 e. The molecule has 18 heavy (non-hydrogen) atoms. The number of nitrogens with one attached hydrogen (secondary N) is 1. The van der Waals surface area contributed by atoms with E-state index in [1.807, 2.05) is 13.8 Å².